The molecule has 36 heavy (non-hydrogen) atoms. The number of hydrogen-bond acceptors (Lipinski definition) is 4. The van der Waals surface area contributed by atoms with Gasteiger partial charge >= 0.3 is 0 Å². The van der Waals surface area contributed by atoms with Gasteiger partial charge in [0, 0.05) is 11.1 Å². The van der Waals surface area contributed by atoms with Crippen molar-refractivity contribution in [3.8, 4) is 34.0 Å². The topological polar surface area (TPSA) is 44.2 Å². The number of rotatable bonds is 18. The van der Waals surface area contributed by atoms with Crippen LogP contribution in [0.1, 0.15) is 90.9 Å². The highest BCUT2D eigenvalue weighted by Gasteiger charge is 2.05. The Bertz CT molecular complexity index is 872. The molecule has 3 rings (SSSR count). The average molecular weight is 489 g/mol. The Morgan fingerprint density at radius 1 is 0.444 bits per heavy atom. The van der Waals surface area contributed by atoms with Crippen LogP contribution in [-0.2, 0) is 0 Å². The zero-order valence-electron chi connectivity index (χ0n) is 22.4. The van der Waals surface area contributed by atoms with Crippen LogP contribution in [0.3, 0.4) is 0 Å². The predicted octanol–water partition coefficient (Wildman–Crippen LogP) is 9.29. The maximum absolute atomic E-state index is 5.89. The lowest BCUT2D eigenvalue weighted by Crippen LogP contribution is -1.97. The summed E-state index contributed by atoms with van der Waals surface area (Å²) in [6.45, 7) is 6.06. The summed E-state index contributed by atoms with van der Waals surface area (Å²) in [6.07, 6.45) is 15.3. The first kappa shape index (κ1) is 27.7. The lowest BCUT2D eigenvalue weighted by molar-refractivity contribution is 0.304. The van der Waals surface area contributed by atoms with Gasteiger partial charge in [0.15, 0.2) is 0 Å². The SMILES string of the molecule is CCCCCCCCOc1ccc(-c2ccc(-c3ccc(OCCCCCCCC)cc3)nn2)cc1. The fourth-order valence-electron chi connectivity index (χ4n) is 4.23. The summed E-state index contributed by atoms with van der Waals surface area (Å²) in [4.78, 5) is 0. The number of ether oxygens (including phenoxy) is 2. The quantitative estimate of drug-likeness (QED) is 0.167. The number of hydrogen-bond donors (Lipinski definition) is 0. The molecule has 194 valence electrons. The van der Waals surface area contributed by atoms with Crippen molar-refractivity contribution in [1.29, 1.82) is 0 Å². The summed E-state index contributed by atoms with van der Waals surface area (Å²) in [5.41, 5.74) is 3.80. The van der Waals surface area contributed by atoms with Crippen molar-refractivity contribution in [1.82, 2.24) is 10.2 Å². The third-order valence-corrected chi connectivity index (χ3v) is 6.50. The number of nitrogens with zero attached hydrogens (tertiary/aromatic N) is 2. The Hall–Kier alpha value is -2.88. The van der Waals surface area contributed by atoms with Gasteiger partial charge in [0.2, 0.25) is 0 Å². The van der Waals surface area contributed by atoms with Crippen molar-refractivity contribution in [2.75, 3.05) is 13.2 Å². The van der Waals surface area contributed by atoms with Crippen molar-refractivity contribution >= 4 is 0 Å². The van der Waals surface area contributed by atoms with E-state index in [-0.39, 0.29) is 0 Å². The molecule has 1 aromatic heterocycles. The highest BCUT2D eigenvalue weighted by molar-refractivity contribution is 5.64. The molecule has 0 saturated carbocycles. The van der Waals surface area contributed by atoms with Crippen LogP contribution in [0, 0.1) is 0 Å². The third-order valence-electron chi connectivity index (χ3n) is 6.50. The van der Waals surface area contributed by atoms with E-state index in [2.05, 4.69) is 48.3 Å². The van der Waals surface area contributed by atoms with E-state index in [4.69, 9.17) is 9.47 Å². The first-order chi connectivity index (χ1) is 17.8. The Morgan fingerprint density at radius 3 is 1.17 bits per heavy atom. The van der Waals surface area contributed by atoms with Crippen molar-refractivity contribution in [3.63, 3.8) is 0 Å². The van der Waals surface area contributed by atoms with Crippen LogP contribution in [0.5, 0.6) is 11.5 Å². The predicted molar refractivity (Wildman–Crippen MR) is 151 cm³/mol. The van der Waals surface area contributed by atoms with Gasteiger partial charge in [-0.1, -0.05) is 78.1 Å². The summed E-state index contributed by atoms with van der Waals surface area (Å²) in [6, 6.07) is 20.3. The molecular formula is C32H44N2O2. The molecule has 0 aliphatic heterocycles. The van der Waals surface area contributed by atoms with Gasteiger partial charge in [0.05, 0.1) is 24.6 Å². The normalized spacial score (nSPS) is 10.9. The van der Waals surface area contributed by atoms with Gasteiger partial charge in [-0.05, 0) is 73.5 Å². The fraction of sp³-hybridized carbons (Fsp3) is 0.500. The summed E-state index contributed by atoms with van der Waals surface area (Å²) in [5.74, 6) is 1.83. The molecule has 0 aliphatic carbocycles. The first-order valence-corrected chi connectivity index (χ1v) is 14.1. The standard InChI is InChI=1S/C32H44N2O2/c1-3-5-7-9-11-13-25-35-29-19-15-27(16-20-29)31-23-24-32(34-33-31)28-17-21-30(22-18-28)36-26-14-12-10-8-6-4-2/h15-24H,3-14,25-26H2,1-2H3. The Labute approximate surface area is 218 Å². The molecule has 0 N–H and O–H groups in total. The highest BCUT2D eigenvalue weighted by atomic mass is 16.5. The molecule has 4 heteroatoms. The van der Waals surface area contributed by atoms with Gasteiger partial charge in [-0.15, -0.1) is 10.2 Å². The lowest BCUT2D eigenvalue weighted by atomic mass is 10.1. The van der Waals surface area contributed by atoms with Crippen molar-refractivity contribution in [3.05, 3.63) is 60.7 Å². The van der Waals surface area contributed by atoms with Crippen LogP contribution in [0.25, 0.3) is 22.5 Å². The largest absolute Gasteiger partial charge is 0.494 e. The molecular weight excluding hydrogens is 444 g/mol. The zero-order chi connectivity index (χ0) is 25.3. The van der Waals surface area contributed by atoms with Crippen LogP contribution in [-0.4, -0.2) is 23.4 Å². The van der Waals surface area contributed by atoms with E-state index in [1.807, 2.05) is 36.4 Å². The Balaban J connectivity index is 1.41. The minimum absolute atomic E-state index is 0.781. The molecule has 0 aliphatic rings. The summed E-state index contributed by atoms with van der Waals surface area (Å²) < 4.78 is 11.8. The molecule has 0 saturated heterocycles. The molecule has 0 bridgehead atoms. The maximum atomic E-state index is 5.89. The minimum atomic E-state index is 0.781. The third kappa shape index (κ3) is 10.0. The van der Waals surface area contributed by atoms with E-state index in [1.165, 1.54) is 64.2 Å². The molecule has 0 unspecified atom stereocenters. The molecule has 4 nitrogen and oxygen atoms in total. The number of aromatic nitrogens is 2. The molecule has 0 fully saturated rings. The van der Waals surface area contributed by atoms with E-state index in [9.17, 15) is 0 Å². The lowest BCUT2D eigenvalue weighted by Gasteiger charge is -2.08. The number of unbranched alkanes of at least 4 members (excludes halogenated alkanes) is 10. The van der Waals surface area contributed by atoms with Crippen molar-refractivity contribution in [2.45, 2.75) is 90.9 Å². The van der Waals surface area contributed by atoms with Crippen molar-refractivity contribution in [2.24, 2.45) is 0 Å². The fourth-order valence-corrected chi connectivity index (χ4v) is 4.23. The molecule has 2 aromatic carbocycles. The van der Waals surface area contributed by atoms with E-state index in [0.29, 0.717) is 0 Å². The van der Waals surface area contributed by atoms with Gasteiger partial charge in [0.25, 0.3) is 0 Å². The van der Waals surface area contributed by atoms with Crippen molar-refractivity contribution < 1.29 is 9.47 Å². The molecule has 0 radical (unpaired) electrons. The maximum Gasteiger partial charge on any atom is 0.119 e. The monoisotopic (exact) mass is 488 g/mol. The number of benzene rings is 2. The van der Waals surface area contributed by atoms with Gasteiger partial charge < -0.3 is 9.47 Å². The molecule has 1 heterocycles. The van der Waals surface area contributed by atoms with Crippen LogP contribution < -0.4 is 9.47 Å². The van der Waals surface area contributed by atoms with Gasteiger partial charge in [-0.2, -0.15) is 0 Å². The average Bonchev–Trinajstić information content (AvgIpc) is 2.93. The van der Waals surface area contributed by atoms with Gasteiger partial charge in [0.1, 0.15) is 11.5 Å². The van der Waals surface area contributed by atoms with Crippen LogP contribution in [0.15, 0.2) is 60.7 Å². The summed E-state index contributed by atoms with van der Waals surface area (Å²) in [7, 11) is 0. The van der Waals surface area contributed by atoms with E-state index in [0.717, 1.165) is 60.1 Å². The van der Waals surface area contributed by atoms with Crippen LogP contribution in [0.2, 0.25) is 0 Å². The second kappa shape index (κ2) is 16.7. The zero-order valence-corrected chi connectivity index (χ0v) is 22.4. The molecule has 3 aromatic rings. The van der Waals surface area contributed by atoms with Crippen LogP contribution >= 0.6 is 0 Å². The smallest absolute Gasteiger partial charge is 0.119 e. The highest BCUT2D eigenvalue weighted by Crippen LogP contribution is 2.24. The van der Waals surface area contributed by atoms with Gasteiger partial charge in [-0.3, -0.25) is 0 Å². The second-order valence-electron chi connectivity index (χ2n) is 9.59. The summed E-state index contributed by atoms with van der Waals surface area (Å²) in [5, 5.41) is 8.92. The molecule has 0 amide bonds. The van der Waals surface area contributed by atoms with E-state index < -0.39 is 0 Å². The van der Waals surface area contributed by atoms with Gasteiger partial charge in [-0.25, -0.2) is 0 Å². The minimum Gasteiger partial charge on any atom is -0.494 e. The first-order valence-electron chi connectivity index (χ1n) is 14.1. The van der Waals surface area contributed by atoms with E-state index >= 15 is 0 Å². The molecule has 0 spiro atoms. The molecule has 0 atom stereocenters. The summed E-state index contributed by atoms with van der Waals surface area (Å²) >= 11 is 0. The Morgan fingerprint density at radius 2 is 0.806 bits per heavy atom. The Kier molecular flexibility index (Phi) is 12.9. The second-order valence-corrected chi connectivity index (χ2v) is 9.59. The van der Waals surface area contributed by atoms with Crippen LogP contribution in [0.4, 0.5) is 0 Å². The van der Waals surface area contributed by atoms with E-state index in [1.54, 1.807) is 0 Å².